The van der Waals surface area contributed by atoms with Crippen molar-refractivity contribution < 1.29 is 19.1 Å². The highest BCUT2D eigenvalue weighted by molar-refractivity contribution is 7.16. The second-order valence-corrected chi connectivity index (χ2v) is 7.03. The molecule has 2 amide bonds. The van der Waals surface area contributed by atoms with Crippen LogP contribution in [0.1, 0.15) is 17.3 Å². The van der Waals surface area contributed by atoms with E-state index in [0.717, 1.165) is 10.2 Å². The molecule has 0 aliphatic carbocycles. The number of rotatable bonds is 5. The second kappa shape index (κ2) is 8.63. The molecule has 0 unspecified atom stereocenters. The van der Waals surface area contributed by atoms with Gasteiger partial charge < -0.3 is 19.4 Å². The molecule has 0 bridgehead atoms. The van der Waals surface area contributed by atoms with Crippen molar-refractivity contribution in [1.29, 1.82) is 0 Å². The van der Waals surface area contributed by atoms with Gasteiger partial charge in [-0.05, 0) is 36.4 Å². The zero-order chi connectivity index (χ0) is 21.0. The van der Waals surface area contributed by atoms with Gasteiger partial charge >= 0.3 is 0 Å². The lowest BCUT2D eigenvalue weighted by Crippen LogP contribution is -2.16. The second-order valence-electron chi connectivity index (χ2n) is 6.03. The maximum Gasteiger partial charge on any atom is 0.279 e. The van der Waals surface area contributed by atoms with Crippen LogP contribution in [0, 0.1) is 12.3 Å². The Morgan fingerprint density at radius 3 is 2.59 bits per heavy atom. The van der Waals surface area contributed by atoms with Gasteiger partial charge in [0.2, 0.25) is 5.91 Å². The predicted molar refractivity (Wildman–Crippen MR) is 112 cm³/mol. The Bertz CT molecular complexity index is 1200. The van der Waals surface area contributed by atoms with Crippen LogP contribution in [0.25, 0.3) is 10.2 Å². The first-order valence-electron chi connectivity index (χ1n) is 8.62. The molecule has 0 radical (unpaired) electrons. The normalized spacial score (nSPS) is 11.2. The molecule has 0 aliphatic rings. The van der Waals surface area contributed by atoms with Crippen LogP contribution in [0.5, 0.6) is 11.5 Å². The number of hydrogen-bond acceptors (Lipinski definition) is 5. The van der Waals surface area contributed by atoms with Gasteiger partial charge in [-0.25, -0.2) is 0 Å². The van der Waals surface area contributed by atoms with E-state index >= 15 is 0 Å². The number of nitrogens with zero attached hydrogens (tertiary/aromatic N) is 2. The van der Waals surface area contributed by atoms with Crippen LogP contribution in [0.2, 0.25) is 0 Å². The summed E-state index contributed by atoms with van der Waals surface area (Å²) in [5, 5.41) is 2.74. The number of amides is 2. The average molecular weight is 409 g/mol. The summed E-state index contributed by atoms with van der Waals surface area (Å²) >= 11 is 1.32. The lowest BCUT2D eigenvalue weighted by molar-refractivity contribution is -0.114. The number of hydrogen-bond donors (Lipinski definition) is 1. The highest BCUT2D eigenvalue weighted by Crippen LogP contribution is 2.28. The number of anilines is 1. The summed E-state index contributed by atoms with van der Waals surface area (Å²) in [6, 6.07) is 10.3. The van der Waals surface area contributed by atoms with Gasteiger partial charge in [0, 0.05) is 18.2 Å². The molecule has 1 aromatic heterocycles. The number of thiazole rings is 1. The molecule has 0 saturated carbocycles. The molecule has 1 heterocycles. The number of carbonyl (C=O) groups is 2. The molecule has 0 aliphatic heterocycles. The Morgan fingerprint density at radius 2 is 1.93 bits per heavy atom. The summed E-state index contributed by atoms with van der Waals surface area (Å²) in [7, 11) is 3.03. The quantitative estimate of drug-likeness (QED) is 0.657. The summed E-state index contributed by atoms with van der Waals surface area (Å²) in [4.78, 5) is 28.8. The first-order valence-corrected chi connectivity index (χ1v) is 9.44. The van der Waals surface area contributed by atoms with Crippen molar-refractivity contribution >= 4 is 39.1 Å². The maximum atomic E-state index is 12.7. The number of methoxy groups -OCH3 is 2. The van der Waals surface area contributed by atoms with E-state index in [1.165, 1.54) is 32.5 Å². The standard InChI is InChI=1S/C21H19N3O4S/c1-5-10-24-16-8-7-15(22-13(2)25)12-19(16)29-21(24)23-20(26)14-6-9-17(27-3)18(11-14)28-4/h1,6-9,11-12H,10H2,2-4H3,(H,22,25). The van der Waals surface area contributed by atoms with Gasteiger partial charge in [0.15, 0.2) is 16.3 Å². The molecule has 7 nitrogen and oxygen atoms in total. The third kappa shape index (κ3) is 4.31. The van der Waals surface area contributed by atoms with Crippen molar-refractivity contribution in [2.75, 3.05) is 19.5 Å². The van der Waals surface area contributed by atoms with Gasteiger partial charge in [0.05, 0.1) is 31.0 Å². The van der Waals surface area contributed by atoms with E-state index in [-0.39, 0.29) is 12.5 Å². The van der Waals surface area contributed by atoms with Gasteiger partial charge in [0.25, 0.3) is 5.91 Å². The third-order valence-corrected chi connectivity index (χ3v) is 5.12. The van der Waals surface area contributed by atoms with Crippen LogP contribution in [0.4, 0.5) is 5.69 Å². The van der Waals surface area contributed by atoms with Crippen LogP contribution in [0.3, 0.4) is 0 Å². The smallest absolute Gasteiger partial charge is 0.279 e. The Balaban J connectivity index is 2.08. The maximum absolute atomic E-state index is 12.7. The van der Waals surface area contributed by atoms with Gasteiger partial charge in [0.1, 0.15) is 0 Å². The number of ether oxygens (including phenoxy) is 2. The molecule has 8 heteroatoms. The van der Waals surface area contributed by atoms with E-state index in [1.54, 1.807) is 28.8 Å². The minimum absolute atomic E-state index is 0.161. The minimum atomic E-state index is -0.426. The van der Waals surface area contributed by atoms with E-state index < -0.39 is 5.91 Å². The van der Waals surface area contributed by atoms with E-state index in [4.69, 9.17) is 15.9 Å². The lowest BCUT2D eigenvalue weighted by Gasteiger charge is -2.07. The topological polar surface area (TPSA) is 81.9 Å². The number of aromatic nitrogens is 1. The minimum Gasteiger partial charge on any atom is -0.493 e. The van der Waals surface area contributed by atoms with Crippen molar-refractivity contribution in [2.24, 2.45) is 4.99 Å². The number of fused-ring (bicyclic) bond motifs is 1. The molecular weight excluding hydrogens is 390 g/mol. The summed E-state index contributed by atoms with van der Waals surface area (Å²) in [6.07, 6.45) is 5.51. The van der Waals surface area contributed by atoms with Crippen LogP contribution < -0.4 is 19.6 Å². The lowest BCUT2D eigenvalue weighted by atomic mass is 10.2. The molecule has 3 aromatic rings. The van der Waals surface area contributed by atoms with Crippen LogP contribution >= 0.6 is 11.3 Å². The Kier molecular flexibility index (Phi) is 6.00. The third-order valence-electron chi connectivity index (χ3n) is 4.08. The zero-order valence-electron chi connectivity index (χ0n) is 16.2. The van der Waals surface area contributed by atoms with Gasteiger partial charge in [-0.15, -0.1) is 6.42 Å². The SMILES string of the molecule is C#CCn1c(=NC(=O)c2ccc(OC)c(OC)c2)sc2cc(NC(C)=O)ccc21. The summed E-state index contributed by atoms with van der Waals surface area (Å²) in [5.41, 5.74) is 1.86. The van der Waals surface area contributed by atoms with E-state index in [1.807, 2.05) is 12.1 Å². The monoisotopic (exact) mass is 409 g/mol. The van der Waals surface area contributed by atoms with Crippen molar-refractivity contribution in [3.05, 3.63) is 46.8 Å². The van der Waals surface area contributed by atoms with Gasteiger partial charge in [-0.3, -0.25) is 9.59 Å². The number of nitrogens with one attached hydrogen (secondary N) is 1. The molecule has 0 fully saturated rings. The zero-order valence-corrected chi connectivity index (χ0v) is 17.0. The first-order chi connectivity index (χ1) is 14.0. The summed E-state index contributed by atoms with van der Waals surface area (Å²) in [5.74, 6) is 2.97. The first kappa shape index (κ1) is 20.2. The number of terminal acetylenes is 1. The van der Waals surface area contributed by atoms with E-state index in [0.29, 0.717) is 27.6 Å². The Labute approximate surface area is 171 Å². The van der Waals surface area contributed by atoms with Crippen LogP contribution in [0.15, 0.2) is 41.4 Å². The van der Waals surface area contributed by atoms with Crippen molar-refractivity contribution in [3.8, 4) is 23.8 Å². The fourth-order valence-electron chi connectivity index (χ4n) is 2.80. The molecule has 0 saturated heterocycles. The molecular formula is C21H19N3O4S. The van der Waals surface area contributed by atoms with Crippen LogP contribution in [-0.4, -0.2) is 30.6 Å². The highest BCUT2D eigenvalue weighted by atomic mass is 32.1. The molecule has 2 aromatic carbocycles. The summed E-state index contributed by atoms with van der Waals surface area (Å²) in [6.45, 7) is 1.71. The molecule has 148 valence electrons. The number of carbonyl (C=O) groups excluding carboxylic acids is 2. The van der Waals surface area contributed by atoms with Crippen LogP contribution in [-0.2, 0) is 11.3 Å². The highest BCUT2D eigenvalue weighted by Gasteiger charge is 2.12. The fraction of sp³-hybridized carbons (Fsp3) is 0.190. The van der Waals surface area contributed by atoms with E-state index in [2.05, 4.69) is 16.2 Å². The Hall–Kier alpha value is -3.57. The van der Waals surface area contributed by atoms with Gasteiger partial charge in [-0.1, -0.05) is 17.3 Å². The Morgan fingerprint density at radius 1 is 1.17 bits per heavy atom. The fourth-order valence-corrected chi connectivity index (χ4v) is 3.87. The predicted octanol–water partition coefficient (Wildman–Crippen LogP) is 3.05. The molecule has 0 spiro atoms. The van der Waals surface area contributed by atoms with Crippen molar-refractivity contribution in [1.82, 2.24) is 4.57 Å². The summed E-state index contributed by atoms with van der Waals surface area (Å²) < 4.78 is 13.1. The molecule has 1 N–H and O–H groups in total. The molecule has 29 heavy (non-hydrogen) atoms. The molecule has 3 rings (SSSR count). The van der Waals surface area contributed by atoms with Crippen molar-refractivity contribution in [2.45, 2.75) is 13.5 Å². The largest absolute Gasteiger partial charge is 0.493 e. The molecule has 0 atom stereocenters. The van der Waals surface area contributed by atoms with Gasteiger partial charge in [-0.2, -0.15) is 4.99 Å². The van der Waals surface area contributed by atoms with E-state index in [9.17, 15) is 9.59 Å². The number of benzene rings is 2. The van der Waals surface area contributed by atoms with Crippen molar-refractivity contribution in [3.63, 3.8) is 0 Å². The average Bonchev–Trinajstić information content (AvgIpc) is 3.03.